The Balaban J connectivity index is 3.49. The van der Waals surface area contributed by atoms with Crippen molar-refractivity contribution >= 4 is 17.8 Å². The van der Waals surface area contributed by atoms with Crippen LogP contribution in [0.15, 0.2) is 16.6 Å². The molecule has 6 heteroatoms. The Hall–Kier alpha value is -2.08. The largest absolute Gasteiger partial charge is 0.506 e. The van der Waals surface area contributed by atoms with E-state index >= 15 is 0 Å². The number of aliphatic imine (C=N–C) groups is 1. The summed E-state index contributed by atoms with van der Waals surface area (Å²) in [7, 11) is 0. The second-order valence-electron chi connectivity index (χ2n) is 5.10. The van der Waals surface area contributed by atoms with E-state index in [1.165, 1.54) is 20.8 Å². The lowest BCUT2D eigenvalue weighted by molar-refractivity contribution is -0.113. The summed E-state index contributed by atoms with van der Waals surface area (Å²) < 4.78 is 27.1. The number of carbonyl (C=O) groups excluding carboxylic acids is 1. The topological polar surface area (TPSA) is 69.9 Å². The molecule has 0 aliphatic carbocycles. The highest BCUT2D eigenvalue weighted by Crippen LogP contribution is 2.26. The highest BCUT2D eigenvalue weighted by Gasteiger charge is 2.18. The number of hydrogen-bond donors (Lipinski definition) is 2. The molecule has 1 aromatic carbocycles. The number of Topliss-reactive ketones (excluding diaryl/α,β-unsaturated/α-hetero) is 1. The molecule has 0 aliphatic heterocycles. The number of aliphatic hydroxyl groups excluding tert-OH is 2. The van der Waals surface area contributed by atoms with Gasteiger partial charge in [0.1, 0.15) is 5.76 Å². The van der Waals surface area contributed by atoms with Crippen molar-refractivity contribution in [3.05, 3.63) is 40.0 Å². The second-order valence-corrected chi connectivity index (χ2v) is 5.10. The molecule has 0 bridgehead atoms. The van der Waals surface area contributed by atoms with Crippen LogP contribution in [0.5, 0.6) is 0 Å². The summed E-state index contributed by atoms with van der Waals surface area (Å²) in [5.74, 6) is -3.04. The smallest absolute Gasteiger partial charge is 0.165 e. The Kier molecular flexibility index (Phi) is 5.93. The van der Waals surface area contributed by atoms with Crippen molar-refractivity contribution in [2.75, 3.05) is 6.61 Å². The monoisotopic (exact) mass is 311 g/mol. The van der Waals surface area contributed by atoms with Crippen molar-refractivity contribution in [1.82, 2.24) is 0 Å². The van der Waals surface area contributed by atoms with Crippen molar-refractivity contribution in [2.45, 2.75) is 33.7 Å². The molecule has 0 fully saturated rings. The van der Waals surface area contributed by atoms with Crippen LogP contribution in [0.2, 0.25) is 0 Å². The molecule has 0 radical (unpaired) electrons. The van der Waals surface area contributed by atoms with Gasteiger partial charge in [-0.2, -0.15) is 0 Å². The Morgan fingerprint density at radius 1 is 1.36 bits per heavy atom. The van der Waals surface area contributed by atoms with Crippen LogP contribution in [0, 0.1) is 25.5 Å². The van der Waals surface area contributed by atoms with Crippen molar-refractivity contribution in [1.29, 1.82) is 0 Å². The average Bonchev–Trinajstić information content (AvgIpc) is 2.48. The number of ketones is 1. The van der Waals surface area contributed by atoms with Crippen LogP contribution in [-0.4, -0.2) is 34.9 Å². The number of benzene rings is 1. The zero-order valence-electron chi connectivity index (χ0n) is 12.9. The molecule has 120 valence electrons. The first-order valence-electron chi connectivity index (χ1n) is 6.74. The van der Waals surface area contributed by atoms with E-state index in [2.05, 4.69) is 4.99 Å². The molecule has 1 atom stereocenters. The van der Waals surface area contributed by atoms with Gasteiger partial charge in [-0.1, -0.05) is 0 Å². The van der Waals surface area contributed by atoms with E-state index in [1.54, 1.807) is 6.92 Å². The standard InChI is InChI=1S/C16H19F2NO3/c1-8(7-20)19-6-13(11(4)21)16(22)12-5-14(17)15(18)10(3)9(12)2/h5-6,8,20,22H,7H2,1-4H3/b16-13-,19-6?/t8-/m0/s1. The molecule has 0 unspecified atom stereocenters. The molecule has 22 heavy (non-hydrogen) atoms. The number of hydrogen-bond acceptors (Lipinski definition) is 4. The fourth-order valence-electron chi connectivity index (χ4n) is 1.80. The van der Waals surface area contributed by atoms with E-state index in [4.69, 9.17) is 5.11 Å². The molecule has 0 saturated carbocycles. The molecule has 0 saturated heterocycles. The maximum Gasteiger partial charge on any atom is 0.165 e. The number of allylic oxidation sites excluding steroid dienone is 1. The predicted molar refractivity (Wildman–Crippen MR) is 81.1 cm³/mol. The number of carbonyl (C=O) groups is 1. The highest BCUT2D eigenvalue weighted by molar-refractivity contribution is 6.17. The summed E-state index contributed by atoms with van der Waals surface area (Å²) in [5.41, 5.74) is 0.294. The lowest BCUT2D eigenvalue weighted by Gasteiger charge is -2.12. The molecule has 2 N–H and O–H groups in total. The van der Waals surface area contributed by atoms with Crippen LogP contribution in [-0.2, 0) is 4.79 Å². The molecule has 0 spiro atoms. The average molecular weight is 311 g/mol. The first kappa shape index (κ1) is 18.0. The van der Waals surface area contributed by atoms with Crippen LogP contribution >= 0.6 is 0 Å². The van der Waals surface area contributed by atoms with E-state index in [0.29, 0.717) is 5.56 Å². The zero-order valence-corrected chi connectivity index (χ0v) is 12.9. The van der Waals surface area contributed by atoms with Crippen LogP contribution in [0.1, 0.15) is 30.5 Å². The minimum atomic E-state index is -1.10. The molecule has 0 aliphatic rings. The third-order valence-electron chi connectivity index (χ3n) is 3.39. The molecule has 1 aromatic rings. The van der Waals surface area contributed by atoms with Gasteiger partial charge in [0, 0.05) is 11.8 Å². The SMILES string of the molecule is CC(=O)/C(C=N[C@@H](C)CO)=C(\O)c1cc(F)c(F)c(C)c1C. The van der Waals surface area contributed by atoms with E-state index in [1.807, 2.05) is 0 Å². The fraction of sp³-hybridized carbons (Fsp3) is 0.375. The Morgan fingerprint density at radius 3 is 2.45 bits per heavy atom. The summed E-state index contributed by atoms with van der Waals surface area (Å²) in [6.07, 6.45) is 1.13. The van der Waals surface area contributed by atoms with Gasteiger partial charge >= 0.3 is 0 Å². The van der Waals surface area contributed by atoms with Gasteiger partial charge in [-0.3, -0.25) is 9.79 Å². The maximum atomic E-state index is 13.6. The summed E-state index contributed by atoms with van der Waals surface area (Å²) in [6, 6.07) is 0.397. The van der Waals surface area contributed by atoms with Gasteiger partial charge in [0.25, 0.3) is 0 Å². The number of rotatable bonds is 5. The minimum Gasteiger partial charge on any atom is -0.506 e. The van der Waals surface area contributed by atoms with Crippen molar-refractivity contribution in [3.63, 3.8) is 0 Å². The third-order valence-corrected chi connectivity index (χ3v) is 3.39. The fourth-order valence-corrected chi connectivity index (χ4v) is 1.80. The van der Waals surface area contributed by atoms with Gasteiger partial charge in [0.2, 0.25) is 0 Å². The first-order chi connectivity index (χ1) is 10.2. The molecular weight excluding hydrogens is 292 g/mol. The van der Waals surface area contributed by atoms with Gasteiger partial charge in [0.15, 0.2) is 17.4 Å². The zero-order chi connectivity index (χ0) is 17.0. The van der Waals surface area contributed by atoms with Crippen molar-refractivity contribution < 1.29 is 23.8 Å². The molecule has 0 amide bonds. The first-order valence-corrected chi connectivity index (χ1v) is 6.74. The van der Waals surface area contributed by atoms with E-state index in [0.717, 1.165) is 12.3 Å². The van der Waals surface area contributed by atoms with Gasteiger partial charge in [0.05, 0.1) is 18.2 Å². The highest BCUT2D eigenvalue weighted by atomic mass is 19.2. The predicted octanol–water partition coefficient (Wildman–Crippen LogP) is 2.89. The number of aliphatic hydroxyl groups is 2. The summed E-state index contributed by atoms with van der Waals surface area (Å²) in [4.78, 5) is 15.6. The van der Waals surface area contributed by atoms with E-state index in [-0.39, 0.29) is 23.3 Å². The lowest BCUT2D eigenvalue weighted by Crippen LogP contribution is -2.09. The Bertz CT molecular complexity index is 651. The molecule has 4 nitrogen and oxygen atoms in total. The lowest BCUT2D eigenvalue weighted by atomic mass is 9.97. The third kappa shape index (κ3) is 3.76. The summed E-state index contributed by atoms with van der Waals surface area (Å²) in [5, 5.41) is 19.2. The maximum absolute atomic E-state index is 13.6. The molecular formula is C16H19F2NO3. The number of nitrogens with zero attached hydrogens (tertiary/aromatic N) is 1. The van der Waals surface area contributed by atoms with Gasteiger partial charge in [-0.25, -0.2) is 8.78 Å². The van der Waals surface area contributed by atoms with E-state index < -0.39 is 29.2 Å². The van der Waals surface area contributed by atoms with E-state index in [9.17, 15) is 18.7 Å². The number of halogens is 2. The van der Waals surface area contributed by atoms with Gasteiger partial charge in [-0.05, 0) is 44.9 Å². The van der Waals surface area contributed by atoms with Crippen LogP contribution < -0.4 is 0 Å². The molecule has 0 heterocycles. The second kappa shape index (κ2) is 7.26. The molecule has 1 rings (SSSR count). The van der Waals surface area contributed by atoms with Crippen molar-refractivity contribution in [2.24, 2.45) is 4.99 Å². The van der Waals surface area contributed by atoms with Crippen LogP contribution in [0.25, 0.3) is 5.76 Å². The normalized spacial score (nSPS) is 14.1. The Morgan fingerprint density at radius 2 is 1.95 bits per heavy atom. The minimum absolute atomic E-state index is 0.0321. The van der Waals surface area contributed by atoms with Gasteiger partial charge in [-0.15, -0.1) is 0 Å². The molecule has 0 aromatic heterocycles. The summed E-state index contributed by atoms with van der Waals surface area (Å²) >= 11 is 0. The van der Waals surface area contributed by atoms with Crippen molar-refractivity contribution in [3.8, 4) is 0 Å². The van der Waals surface area contributed by atoms with Crippen LogP contribution in [0.3, 0.4) is 0 Å². The summed E-state index contributed by atoms with van der Waals surface area (Å²) in [6.45, 7) is 5.54. The van der Waals surface area contributed by atoms with Crippen LogP contribution in [0.4, 0.5) is 8.78 Å². The Labute approximate surface area is 127 Å². The van der Waals surface area contributed by atoms with Gasteiger partial charge < -0.3 is 10.2 Å². The quantitative estimate of drug-likeness (QED) is 0.499.